The lowest BCUT2D eigenvalue weighted by molar-refractivity contribution is 0.231. The average molecular weight is 198 g/mol. The van der Waals surface area contributed by atoms with E-state index in [9.17, 15) is 4.79 Å². The van der Waals surface area contributed by atoms with E-state index in [2.05, 4.69) is 31.3 Å². The largest absolute Gasteiger partial charge is 0.334 e. The highest BCUT2D eigenvalue weighted by atomic mass is 16.2. The van der Waals surface area contributed by atoms with Gasteiger partial charge >= 0.3 is 6.03 Å². The van der Waals surface area contributed by atoms with Gasteiger partial charge in [-0.1, -0.05) is 5.21 Å². The zero-order valence-corrected chi connectivity index (χ0v) is 8.46. The molecule has 0 unspecified atom stereocenters. The summed E-state index contributed by atoms with van der Waals surface area (Å²) in [6, 6.07) is -0.248. The summed E-state index contributed by atoms with van der Waals surface area (Å²) in [6.07, 6.45) is 0. The fourth-order valence-corrected chi connectivity index (χ4v) is 0.802. The van der Waals surface area contributed by atoms with E-state index in [-0.39, 0.29) is 18.1 Å². The first-order valence-corrected chi connectivity index (χ1v) is 4.26. The molecule has 2 amide bonds. The van der Waals surface area contributed by atoms with Crippen LogP contribution in [-0.2, 0) is 6.54 Å². The van der Waals surface area contributed by atoms with Gasteiger partial charge in [-0.15, -0.1) is 10.2 Å². The second kappa shape index (κ2) is 4.03. The Hall–Kier alpha value is -1.66. The predicted octanol–water partition coefficient (Wildman–Crippen LogP) is -0.203. The van der Waals surface area contributed by atoms with Gasteiger partial charge in [-0.2, -0.15) is 5.21 Å². The Kier molecular flexibility index (Phi) is 3.00. The fraction of sp³-hybridized carbons (Fsp3) is 0.714. The van der Waals surface area contributed by atoms with Gasteiger partial charge in [0, 0.05) is 5.54 Å². The molecule has 0 atom stereocenters. The Morgan fingerprint density at radius 3 is 2.71 bits per heavy atom. The molecule has 3 N–H and O–H groups in total. The quantitative estimate of drug-likeness (QED) is 0.613. The molecule has 7 nitrogen and oxygen atoms in total. The number of tetrazole rings is 1. The third-order valence-corrected chi connectivity index (χ3v) is 1.28. The molecule has 1 aromatic heterocycles. The molecular weight excluding hydrogens is 184 g/mol. The zero-order chi connectivity index (χ0) is 10.6. The average Bonchev–Trinajstić information content (AvgIpc) is 2.49. The van der Waals surface area contributed by atoms with Crippen LogP contribution in [0.3, 0.4) is 0 Å². The summed E-state index contributed by atoms with van der Waals surface area (Å²) >= 11 is 0. The summed E-state index contributed by atoms with van der Waals surface area (Å²) in [6.45, 7) is 5.97. The molecule has 0 aliphatic carbocycles. The number of hydrogen-bond acceptors (Lipinski definition) is 4. The van der Waals surface area contributed by atoms with E-state index >= 15 is 0 Å². The molecule has 0 bridgehead atoms. The van der Waals surface area contributed by atoms with Gasteiger partial charge in [-0.25, -0.2) is 4.79 Å². The summed E-state index contributed by atoms with van der Waals surface area (Å²) in [4.78, 5) is 11.2. The van der Waals surface area contributed by atoms with Gasteiger partial charge < -0.3 is 10.6 Å². The molecule has 0 aliphatic heterocycles. The number of aromatic amines is 1. The summed E-state index contributed by atoms with van der Waals surface area (Å²) in [5.74, 6) is 0.453. The molecule has 0 aliphatic rings. The maximum Gasteiger partial charge on any atom is 0.315 e. The first-order chi connectivity index (χ1) is 6.47. The van der Waals surface area contributed by atoms with Crippen LogP contribution in [0.25, 0.3) is 0 Å². The number of nitrogens with one attached hydrogen (secondary N) is 3. The number of rotatable bonds is 2. The summed E-state index contributed by atoms with van der Waals surface area (Å²) < 4.78 is 0. The van der Waals surface area contributed by atoms with E-state index in [1.54, 1.807) is 0 Å². The van der Waals surface area contributed by atoms with Crippen molar-refractivity contribution in [3.8, 4) is 0 Å². The predicted molar refractivity (Wildman–Crippen MR) is 49.3 cm³/mol. The fourth-order valence-electron chi connectivity index (χ4n) is 0.802. The topological polar surface area (TPSA) is 95.6 Å². The van der Waals surface area contributed by atoms with Crippen LogP contribution in [0.2, 0.25) is 0 Å². The van der Waals surface area contributed by atoms with Crippen LogP contribution in [0, 0.1) is 0 Å². The third kappa shape index (κ3) is 3.83. The number of carbonyl (C=O) groups excluding carboxylic acids is 1. The van der Waals surface area contributed by atoms with Gasteiger partial charge in [0.2, 0.25) is 0 Å². The van der Waals surface area contributed by atoms with Crippen molar-refractivity contribution in [1.82, 2.24) is 31.3 Å². The number of H-pyrrole nitrogens is 1. The lowest BCUT2D eigenvalue weighted by atomic mass is 10.1. The van der Waals surface area contributed by atoms with Gasteiger partial charge in [-0.05, 0) is 20.8 Å². The molecule has 14 heavy (non-hydrogen) atoms. The van der Waals surface area contributed by atoms with Crippen LogP contribution in [0.1, 0.15) is 26.6 Å². The van der Waals surface area contributed by atoms with Crippen molar-refractivity contribution < 1.29 is 4.79 Å². The smallest absolute Gasteiger partial charge is 0.315 e. The number of carbonyl (C=O) groups is 1. The van der Waals surface area contributed by atoms with Crippen LogP contribution in [0.4, 0.5) is 4.79 Å². The first kappa shape index (κ1) is 10.4. The van der Waals surface area contributed by atoms with E-state index in [0.717, 1.165) is 0 Å². The lowest BCUT2D eigenvalue weighted by Gasteiger charge is -2.20. The molecule has 0 radical (unpaired) electrons. The van der Waals surface area contributed by atoms with E-state index in [0.29, 0.717) is 5.82 Å². The highest BCUT2D eigenvalue weighted by Gasteiger charge is 2.13. The maximum absolute atomic E-state index is 11.2. The second-order valence-electron chi connectivity index (χ2n) is 3.89. The van der Waals surface area contributed by atoms with Gasteiger partial charge in [0.1, 0.15) is 0 Å². The molecule has 1 heterocycles. The van der Waals surface area contributed by atoms with Crippen molar-refractivity contribution in [2.45, 2.75) is 32.9 Å². The summed E-state index contributed by atoms with van der Waals surface area (Å²) in [7, 11) is 0. The van der Waals surface area contributed by atoms with E-state index in [1.807, 2.05) is 20.8 Å². The Balaban J connectivity index is 2.29. The molecule has 1 aromatic rings. The van der Waals surface area contributed by atoms with Gasteiger partial charge in [-0.3, -0.25) is 0 Å². The number of urea groups is 1. The monoisotopic (exact) mass is 198 g/mol. The van der Waals surface area contributed by atoms with E-state index in [1.165, 1.54) is 0 Å². The van der Waals surface area contributed by atoms with Gasteiger partial charge in [0.25, 0.3) is 0 Å². The lowest BCUT2D eigenvalue weighted by Crippen LogP contribution is -2.46. The van der Waals surface area contributed by atoms with Crippen molar-refractivity contribution in [3.63, 3.8) is 0 Å². The van der Waals surface area contributed by atoms with E-state index < -0.39 is 0 Å². The van der Waals surface area contributed by atoms with Crippen LogP contribution >= 0.6 is 0 Å². The molecule has 0 fully saturated rings. The number of nitrogens with zero attached hydrogens (tertiary/aromatic N) is 3. The molecular formula is C7H14N6O. The van der Waals surface area contributed by atoms with E-state index in [4.69, 9.17) is 0 Å². The molecule has 0 aromatic carbocycles. The molecule has 0 saturated carbocycles. The van der Waals surface area contributed by atoms with Crippen molar-refractivity contribution in [2.24, 2.45) is 0 Å². The minimum atomic E-state index is -0.249. The SMILES string of the molecule is CC(C)(C)NC(=O)NCc1nn[nH]n1. The zero-order valence-electron chi connectivity index (χ0n) is 8.46. The maximum atomic E-state index is 11.2. The van der Waals surface area contributed by atoms with Crippen LogP contribution in [0.15, 0.2) is 0 Å². The minimum Gasteiger partial charge on any atom is -0.334 e. The Morgan fingerprint density at radius 1 is 1.50 bits per heavy atom. The van der Waals surface area contributed by atoms with Crippen LogP contribution < -0.4 is 10.6 Å². The van der Waals surface area contributed by atoms with Crippen molar-refractivity contribution >= 4 is 6.03 Å². The van der Waals surface area contributed by atoms with Crippen LogP contribution in [0.5, 0.6) is 0 Å². The van der Waals surface area contributed by atoms with Crippen molar-refractivity contribution in [3.05, 3.63) is 5.82 Å². The normalized spacial score (nSPS) is 11.1. The summed E-state index contributed by atoms with van der Waals surface area (Å²) in [5.41, 5.74) is -0.249. The highest BCUT2D eigenvalue weighted by molar-refractivity contribution is 5.74. The Bertz CT molecular complexity index is 288. The minimum absolute atomic E-state index is 0.248. The number of aromatic nitrogens is 4. The number of hydrogen-bond donors (Lipinski definition) is 3. The summed E-state index contributed by atoms with van der Waals surface area (Å²) in [5, 5.41) is 18.4. The van der Waals surface area contributed by atoms with Crippen molar-refractivity contribution in [1.29, 1.82) is 0 Å². The number of amides is 2. The Morgan fingerprint density at radius 2 is 2.21 bits per heavy atom. The van der Waals surface area contributed by atoms with Crippen LogP contribution in [-0.4, -0.2) is 32.2 Å². The molecule has 1 rings (SSSR count). The molecule has 78 valence electrons. The molecule has 7 heteroatoms. The first-order valence-electron chi connectivity index (χ1n) is 4.26. The molecule has 0 spiro atoms. The highest BCUT2D eigenvalue weighted by Crippen LogP contribution is 1.97. The second-order valence-corrected chi connectivity index (χ2v) is 3.89. The Labute approximate surface area is 81.7 Å². The van der Waals surface area contributed by atoms with Crippen molar-refractivity contribution in [2.75, 3.05) is 0 Å². The van der Waals surface area contributed by atoms with Gasteiger partial charge in [0.15, 0.2) is 5.82 Å². The van der Waals surface area contributed by atoms with Gasteiger partial charge in [0.05, 0.1) is 6.54 Å². The third-order valence-electron chi connectivity index (χ3n) is 1.28. The molecule has 0 saturated heterocycles. The standard InChI is InChI=1S/C7H14N6O/c1-7(2,3)9-6(14)8-4-5-10-12-13-11-5/h4H2,1-3H3,(H2,8,9,14)(H,10,11,12,13).